The number of thiocarbonyl (C=S) groups is 1. The maximum atomic E-state index is 13.4. The molecular weight excluding hydrogens is 530 g/mol. The molecule has 0 saturated carbocycles. The van der Waals surface area contributed by atoms with Crippen LogP contribution in [0.1, 0.15) is 49.1 Å². The van der Waals surface area contributed by atoms with E-state index in [0.29, 0.717) is 28.6 Å². The summed E-state index contributed by atoms with van der Waals surface area (Å²) in [7, 11) is 2.87. The van der Waals surface area contributed by atoms with Gasteiger partial charge in [-0.1, -0.05) is 105 Å². The average molecular weight is 562 g/mol. The van der Waals surface area contributed by atoms with E-state index in [1.54, 1.807) is 43.5 Å². The molecule has 1 aliphatic rings. The van der Waals surface area contributed by atoms with Crippen molar-refractivity contribution in [3.05, 3.63) is 100.0 Å². The second kappa shape index (κ2) is 12.1. The van der Waals surface area contributed by atoms with Crippen molar-refractivity contribution in [2.24, 2.45) is 0 Å². The van der Waals surface area contributed by atoms with Crippen molar-refractivity contribution in [1.29, 1.82) is 0 Å². The molecule has 1 unspecified atom stereocenters. The Hall–Kier alpha value is -3.62. The van der Waals surface area contributed by atoms with E-state index in [1.807, 2.05) is 18.2 Å². The van der Waals surface area contributed by atoms with Crippen molar-refractivity contribution in [2.75, 3.05) is 14.2 Å². The molecule has 8 heteroatoms. The molecule has 0 N–H and O–H groups in total. The van der Waals surface area contributed by atoms with Gasteiger partial charge in [-0.3, -0.25) is 9.69 Å². The van der Waals surface area contributed by atoms with Crippen molar-refractivity contribution >= 4 is 46.3 Å². The fourth-order valence-electron chi connectivity index (χ4n) is 4.15. The first-order valence-electron chi connectivity index (χ1n) is 12.4. The number of rotatable bonds is 8. The number of amides is 1. The lowest BCUT2D eigenvalue weighted by Crippen LogP contribution is -2.37. The highest BCUT2D eigenvalue weighted by Gasteiger charge is 2.41. The van der Waals surface area contributed by atoms with E-state index >= 15 is 0 Å². The van der Waals surface area contributed by atoms with Crippen molar-refractivity contribution in [2.45, 2.75) is 38.8 Å². The molecule has 39 heavy (non-hydrogen) atoms. The third-order valence-corrected chi connectivity index (χ3v) is 7.65. The Morgan fingerprint density at radius 1 is 1.00 bits per heavy atom. The van der Waals surface area contributed by atoms with Gasteiger partial charge in [-0.25, -0.2) is 4.79 Å². The summed E-state index contributed by atoms with van der Waals surface area (Å²) in [6.07, 6.45) is 1.73. The van der Waals surface area contributed by atoms with Crippen LogP contribution in [0, 0.1) is 0 Å². The number of benzene rings is 3. The second-order valence-electron chi connectivity index (χ2n) is 10.0. The lowest BCUT2D eigenvalue weighted by molar-refractivity contribution is -0.148. The molecule has 1 atom stereocenters. The molecule has 3 aromatic carbocycles. The van der Waals surface area contributed by atoms with E-state index in [4.69, 9.17) is 26.4 Å². The summed E-state index contributed by atoms with van der Waals surface area (Å²) in [6, 6.07) is 21.9. The van der Waals surface area contributed by atoms with Gasteiger partial charge in [0.05, 0.1) is 19.1 Å². The van der Waals surface area contributed by atoms with Crippen LogP contribution in [0.4, 0.5) is 0 Å². The molecule has 0 radical (unpaired) electrons. The normalized spacial score (nSPS) is 15.4. The number of thioether (sulfide) groups is 1. The minimum absolute atomic E-state index is 0.0917. The van der Waals surface area contributed by atoms with Gasteiger partial charge in [0.15, 0.2) is 17.5 Å². The molecule has 0 aliphatic carbocycles. The predicted molar refractivity (Wildman–Crippen MR) is 159 cm³/mol. The summed E-state index contributed by atoms with van der Waals surface area (Å²) in [6.45, 7) is 6.95. The molecule has 0 spiro atoms. The first-order chi connectivity index (χ1) is 18.6. The summed E-state index contributed by atoms with van der Waals surface area (Å²) in [5, 5.41) is 0. The molecular formula is C31H31NO5S2. The van der Waals surface area contributed by atoms with E-state index in [2.05, 4.69) is 45.0 Å². The van der Waals surface area contributed by atoms with Gasteiger partial charge in [0, 0.05) is 0 Å². The summed E-state index contributed by atoms with van der Waals surface area (Å²) in [4.78, 5) is 27.8. The molecule has 1 saturated heterocycles. The van der Waals surface area contributed by atoms with Crippen LogP contribution in [0.3, 0.4) is 0 Å². The van der Waals surface area contributed by atoms with Gasteiger partial charge in [0.2, 0.25) is 0 Å². The van der Waals surface area contributed by atoms with E-state index < -0.39 is 12.0 Å². The Morgan fingerprint density at radius 3 is 2.31 bits per heavy atom. The lowest BCUT2D eigenvalue weighted by atomic mass is 9.87. The van der Waals surface area contributed by atoms with Gasteiger partial charge in [0.1, 0.15) is 10.9 Å². The Balaban J connectivity index is 1.52. The maximum Gasteiger partial charge on any atom is 0.333 e. The number of nitrogens with zero attached hydrogens (tertiary/aromatic N) is 1. The minimum atomic E-state index is -0.961. The zero-order chi connectivity index (χ0) is 28.2. The van der Waals surface area contributed by atoms with Gasteiger partial charge < -0.3 is 14.2 Å². The number of esters is 1. The van der Waals surface area contributed by atoms with Gasteiger partial charge in [-0.05, 0) is 45.9 Å². The first kappa shape index (κ1) is 28.4. The van der Waals surface area contributed by atoms with Gasteiger partial charge in [-0.15, -0.1) is 0 Å². The highest BCUT2D eigenvalue weighted by atomic mass is 32.2. The van der Waals surface area contributed by atoms with E-state index in [-0.39, 0.29) is 15.6 Å². The zero-order valence-corrected chi connectivity index (χ0v) is 24.2. The number of methoxy groups -OCH3 is 2. The summed E-state index contributed by atoms with van der Waals surface area (Å²) in [5.74, 6) is 0.219. The highest BCUT2D eigenvalue weighted by Crippen LogP contribution is 2.39. The number of hydrogen-bond acceptors (Lipinski definition) is 7. The molecule has 0 aromatic heterocycles. The molecule has 6 nitrogen and oxygen atoms in total. The van der Waals surface area contributed by atoms with Crippen molar-refractivity contribution in [1.82, 2.24) is 4.90 Å². The summed E-state index contributed by atoms with van der Waals surface area (Å²) >= 11 is 6.65. The average Bonchev–Trinajstić information content (AvgIpc) is 3.20. The Bertz CT molecular complexity index is 1390. The molecule has 1 heterocycles. The van der Waals surface area contributed by atoms with E-state index in [1.165, 1.54) is 17.6 Å². The number of ether oxygens (including phenoxy) is 3. The maximum absolute atomic E-state index is 13.4. The summed E-state index contributed by atoms with van der Waals surface area (Å²) < 4.78 is 16.9. The molecule has 1 aliphatic heterocycles. The fourth-order valence-corrected chi connectivity index (χ4v) is 5.46. The largest absolute Gasteiger partial charge is 0.493 e. The molecule has 3 aromatic rings. The van der Waals surface area contributed by atoms with Crippen LogP contribution in [0.2, 0.25) is 0 Å². The molecule has 4 rings (SSSR count). The van der Waals surface area contributed by atoms with Crippen LogP contribution in [0.15, 0.2) is 77.7 Å². The van der Waals surface area contributed by atoms with Crippen LogP contribution >= 0.6 is 24.0 Å². The standard InChI is InChI=1S/C31H31NO5S2/c1-31(2,3)23-14-11-20(12-15-23)19-37-24-16-13-21(17-25(24)35-4)18-26-28(33)32(30(38)39-26)27(29(34)36-5)22-9-7-6-8-10-22/h6-18,27H,19H2,1-5H3/b26-18+. The Labute approximate surface area is 238 Å². The minimum Gasteiger partial charge on any atom is -0.493 e. The monoisotopic (exact) mass is 561 g/mol. The van der Waals surface area contributed by atoms with E-state index in [0.717, 1.165) is 22.9 Å². The highest BCUT2D eigenvalue weighted by molar-refractivity contribution is 8.26. The first-order valence-corrected chi connectivity index (χ1v) is 13.6. The number of hydrogen-bond donors (Lipinski definition) is 0. The molecule has 202 valence electrons. The zero-order valence-electron chi connectivity index (χ0n) is 22.6. The summed E-state index contributed by atoms with van der Waals surface area (Å²) in [5.41, 5.74) is 3.77. The van der Waals surface area contributed by atoms with Crippen molar-refractivity contribution < 1.29 is 23.8 Å². The third-order valence-electron chi connectivity index (χ3n) is 6.32. The second-order valence-corrected chi connectivity index (χ2v) is 11.7. The quantitative estimate of drug-likeness (QED) is 0.173. The molecule has 0 bridgehead atoms. The Kier molecular flexibility index (Phi) is 8.77. The smallest absolute Gasteiger partial charge is 0.333 e. The van der Waals surface area contributed by atoms with Crippen LogP contribution in [-0.4, -0.2) is 35.3 Å². The predicted octanol–water partition coefficient (Wildman–Crippen LogP) is 6.69. The molecule has 1 fully saturated rings. The Morgan fingerprint density at radius 2 is 1.69 bits per heavy atom. The molecule has 1 amide bonds. The van der Waals surface area contributed by atoms with Gasteiger partial charge in [0.25, 0.3) is 5.91 Å². The van der Waals surface area contributed by atoms with Crippen LogP contribution in [0.25, 0.3) is 6.08 Å². The van der Waals surface area contributed by atoms with Crippen LogP contribution < -0.4 is 9.47 Å². The SMILES string of the molecule is COC(=O)C(c1ccccc1)N1C(=O)/C(=C\c2ccc(OCc3ccc(C(C)(C)C)cc3)c(OC)c2)SC1=S. The van der Waals surface area contributed by atoms with Crippen LogP contribution in [-0.2, 0) is 26.3 Å². The number of carbonyl (C=O) groups is 2. The van der Waals surface area contributed by atoms with Crippen LogP contribution in [0.5, 0.6) is 11.5 Å². The lowest BCUT2D eigenvalue weighted by Gasteiger charge is -2.24. The fraction of sp³-hybridized carbons (Fsp3) is 0.258. The van der Waals surface area contributed by atoms with Crippen molar-refractivity contribution in [3.8, 4) is 11.5 Å². The van der Waals surface area contributed by atoms with Gasteiger partial charge >= 0.3 is 5.97 Å². The topological polar surface area (TPSA) is 65.1 Å². The van der Waals surface area contributed by atoms with E-state index in [9.17, 15) is 9.59 Å². The third kappa shape index (κ3) is 6.52. The van der Waals surface area contributed by atoms with Crippen molar-refractivity contribution in [3.63, 3.8) is 0 Å². The number of carbonyl (C=O) groups excluding carboxylic acids is 2. The van der Waals surface area contributed by atoms with Gasteiger partial charge in [-0.2, -0.15) is 0 Å².